The highest BCUT2D eigenvalue weighted by Crippen LogP contribution is 2.04. The van der Waals surface area contributed by atoms with Gasteiger partial charge in [-0.15, -0.1) is 10.2 Å². The number of carbonyl (C=O) groups excluding carboxylic acids is 1. The minimum Gasteiger partial charge on any atom is -0.356 e. The van der Waals surface area contributed by atoms with E-state index in [9.17, 15) is 4.79 Å². The molecule has 2 heterocycles. The normalized spacial score (nSPS) is 11.1. The van der Waals surface area contributed by atoms with Crippen molar-refractivity contribution in [3.05, 3.63) is 30.2 Å². The highest BCUT2D eigenvalue weighted by Gasteiger charge is 2.06. The second-order valence-corrected chi connectivity index (χ2v) is 5.08. The molecule has 0 bridgehead atoms. The number of carbonyl (C=O) groups is 1. The number of hydrogen-bond acceptors (Lipinski definition) is 3. The van der Waals surface area contributed by atoms with Crippen molar-refractivity contribution >= 4 is 11.6 Å². The summed E-state index contributed by atoms with van der Waals surface area (Å²) in [7, 11) is 0. The molecule has 0 saturated carbocycles. The summed E-state index contributed by atoms with van der Waals surface area (Å²) in [6.07, 6.45) is 4.15. The maximum Gasteiger partial charge on any atom is 0.220 e. The average molecular weight is 260 g/mol. The summed E-state index contributed by atoms with van der Waals surface area (Å²) in [6, 6.07) is 5.79. The van der Waals surface area contributed by atoms with Crippen molar-refractivity contribution in [2.24, 2.45) is 5.92 Å². The number of nitrogens with one attached hydrogen (secondary N) is 1. The summed E-state index contributed by atoms with van der Waals surface area (Å²) in [5.74, 6) is 1.55. The third kappa shape index (κ3) is 3.77. The van der Waals surface area contributed by atoms with E-state index in [4.69, 9.17) is 0 Å². The molecule has 0 radical (unpaired) electrons. The van der Waals surface area contributed by atoms with Gasteiger partial charge in [0.15, 0.2) is 5.65 Å². The molecule has 0 spiro atoms. The molecule has 2 aromatic rings. The third-order valence-corrected chi connectivity index (χ3v) is 3.00. The van der Waals surface area contributed by atoms with E-state index in [0.717, 1.165) is 17.9 Å². The molecule has 1 amide bonds. The summed E-state index contributed by atoms with van der Waals surface area (Å²) in [4.78, 5) is 11.6. The van der Waals surface area contributed by atoms with Gasteiger partial charge in [0.2, 0.25) is 5.91 Å². The van der Waals surface area contributed by atoms with Crippen molar-refractivity contribution in [2.75, 3.05) is 6.54 Å². The molecule has 0 aliphatic heterocycles. The standard InChI is InChI=1S/C14H20N4O/c1-11(2)6-7-14(19)15-9-8-13-17-16-12-5-3-4-10-18(12)13/h3-5,10-11H,6-9H2,1-2H3,(H,15,19). The van der Waals surface area contributed by atoms with Gasteiger partial charge < -0.3 is 5.32 Å². The minimum absolute atomic E-state index is 0.113. The highest BCUT2D eigenvalue weighted by atomic mass is 16.1. The second kappa shape index (κ2) is 6.31. The molecule has 0 aliphatic rings. The van der Waals surface area contributed by atoms with Gasteiger partial charge in [-0.25, -0.2) is 0 Å². The van der Waals surface area contributed by atoms with E-state index >= 15 is 0 Å². The van der Waals surface area contributed by atoms with Gasteiger partial charge in [-0.2, -0.15) is 0 Å². The molecule has 19 heavy (non-hydrogen) atoms. The van der Waals surface area contributed by atoms with Crippen LogP contribution in [0.15, 0.2) is 24.4 Å². The van der Waals surface area contributed by atoms with E-state index in [1.165, 1.54) is 0 Å². The molecule has 1 N–H and O–H groups in total. The molecule has 0 aliphatic carbocycles. The van der Waals surface area contributed by atoms with E-state index in [1.54, 1.807) is 0 Å². The summed E-state index contributed by atoms with van der Waals surface area (Å²) in [6.45, 7) is 4.85. The molecule has 2 rings (SSSR count). The van der Waals surface area contributed by atoms with Gasteiger partial charge in [0.05, 0.1) is 0 Å². The van der Waals surface area contributed by atoms with E-state index in [-0.39, 0.29) is 5.91 Å². The second-order valence-electron chi connectivity index (χ2n) is 5.08. The van der Waals surface area contributed by atoms with Gasteiger partial charge in [0.1, 0.15) is 5.82 Å². The van der Waals surface area contributed by atoms with Gasteiger partial charge in [-0.05, 0) is 24.5 Å². The predicted molar refractivity (Wildman–Crippen MR) is 73.8 cm³/mol. The van der Waals surface area contributed by atoms with E-state index in [0.29, 0.717) is 25.3 Å². The van der Waals surface area contributed by atoms with E-state index in [2.05, 4.69) is 29.4 Å². The Morgan fingerprint density at radius 1 is 1.37 bits per heavy atom. The van der Waals surface area contributed by atoms with Crippen molar-refractivity contribution in [3.63, 3.8) is 0 Å². The number of aromatic nitrogens is 3. The SMILES string of the molecule is CC(C)CCC(=O)NCCc1nnc2ccccn12. The molecule has 0 aromatic carbocycles. The topological polar surface area (TPSA) is 59.3 Å². The lowest BCUT2D eigenvalue weighted by Gasteiger charge is -2.06. The van der Waals surface area contributed by atoms with Crippen LogP contribution in [-0.2, 0) is 11.2 Å². The van der Waals surface area contributed by atoms with E-state index < -0.39 is 0 Å². The van der Waals surface area contributed by atoms with E-state index in [1.807, 2.05) is 28.8 Å². The smallest absolute Gasteiger partial charge is 0.220 e. The first-order valence-corrected chi connectivity index (χ1v) is 6.72. The van der Waals surface area contributed by atoms with Gasteiger partial charge in [0.25, 0.3) is 0 Å². The maximum atomic E-state index is 11.6. The van der Waals surface area contributed by atoms with Gasteiger partial charge in [-0.3, -0.25) is 9.20 Å². The largest absolute Gasteiger partial charge is 0.356 e. The number of hydrogen-bond donors (Lipinski definition) is 1. The van der Waals surface area contributed by atoms with Gasteiger partial charge >= 0.3 is 0 Å². The molecule has 2 aromatic heterocycles. The van der Waals surface area contributed by atoms with Crippen LogP contribution < -0.4 is 5.32 Å². The molecule has 5 nitrogen and oxygen atoms in total. The summed E-state index contributed by atoms with van der Waals surface area (Å²) in [5.41, 5.74) is 0.837. The minimum atomic E-state index is 0.113. The Balaban J connectivity index is 1.81. The first kappa shape index (κ1) is 13.5. The Hall–Kier alpha value is -1.91. The molecule has 0 atom stereocenters. The van der Waals surface area contributed by atoms with Gasteiger partial charge in [-0.1, -0.05) is 19.9 Å². The summed E-state index contributed by atoms with van der Waals surface area (Å²) in [5, 5.41) is 11.1. The first-order valence-electron chi connectivity index (χ1n) is 6.72. The Morgan fingerprint density at radius 3 is 3.00 bits per heavy atom. The summed E-state index contributed by atoms with van der Waals surface area (Å²) >= 11 is 0. The Morgan fingerprint density at radius 2 is 2.21 bits per heavy atom. The molecule has 0 unspecified atom stereocenters. The van der Waals surface area contributed by atoms with Crippen molar-refractivity contribution < 1.29 is 4.79 Å². The van der Waals surface area contributed by atoms with Gasteiger partial charge in [0, 0.05) is 25.6 Å². The number of fused-ring (bicyclic) bond motifs is 1. The third-order valence-electron chi connectivity index (χ3n) is 3.00. The zero-order valence-electron chi connectivity index (χ0n) is 11.5. The molecule has 5 heteroatoms. The zero-order valence-corrected chi connectivity index (χ0v) is 11.5. The zero-order chi connectivity index (χ0) is 13.7. The van der Waals surface area contributed by atoms with Crippen molar-refractivity contribution in [1.29, 1.82) is 0 Å². The fourth-order valence-electron chi connectivity index (χ4n) is 1.88. The highest BCUT2D eigenvalue weighted by molar-refractivity contribution is 5.75. The molecular formula is C14H20N4O. The average Bonchev–Trinajstić information content (AvgIpc) is 2.80. The van der Waals surface area contributed by atoms with Crippen LogP contribution in [0.3, 0.4) is 0 Å². The van der Waals surface area contributed by atoms with Crippen molar-refractivity contribution in [2.45, 2.75) is 33.1 Å². The van der Waals surface area contributed by atoms with Crippen LogP contribution in [0.5, 0.6) is 0 Å². The Bertz CT molecular complexity index is 547. The Labute approximate surface area is 113 Å². The lowest BCUT2D eigenvalue weighted by atomic mass is 10.1. The predicted octanol–water partition coefficient (Wildman–Crippen LogP) is 1.82. The van der Waals surface area contributed by atoms with Crippen LogP contribution in [0.1, 0.15) is 32.5 Å². The molecular weight excluding hydrogens is 240 g/mol. The lowest BCUT2D eigenvalue weighted by molar-refractivity contribution is -0.121. The van der Waals surface area contributed by atoms with Crippen molar-refractivity contribution in [3.8, 4) is 0 Å². The maximum absolute atomic E-state index is 11.6. The fourth-order valence-corrected chi connectivity index (χ4v) is 1.88. The first-order chi connectivity index (χ1) is 9.16. The quantitative estimate of drug-likeness (QED) is 0.862. The van der Waals surface area contributed by atoms with Crippen LogP contribution in [-0.4, -0.2) is 27.0 Å². The summed E-state index contributed by atoms with van der Waals surface area (Å²) < 4.78 is 1.94. The Kier molecular flexibility index (Phi) is 4.49. The molecule has 0 saturated heterocycles. The molecule has 102 valence electrons. The van der Waals surface area contributed by atoms with Crippen LogP contribution in [0, 0.1) is 5.92 Å². The fraction of sp³-hybridized carbons (Fsp3) is 0.500. The number of pyridine rings is 1. The van der Waals surface area contributed by atoms with Crippen LogP contribution in [0.4, 0.5) is 0 Å². The van der Waals surface area contributed by atoms with Crippen LogP contribution >= 0.6 is 0 Å². The van der Waals surface area contributed by atoms with Crippen molar-refractivity contribution in [1.82, 2.24) is 19.9 Å². The number of amides is 1. The lowest BCUT2D eigenvalue weighted by Crippen LogP contribution is -2.26. The van der Waals surface area contributed by atoms with Crippen LogP contribution in [0.25, 0.3) is 5.65 Å². The van der Waals surface area contributed by atoms with Crippen LogP contribution in [0.2, 0.25) is 0 Å². The number of rotatable bonds is 6. The molecule has 0 fully saturated rings. The monoisotopic (exact) mass is 260 g/mol. The number of nitrogens with zero attached hydrogens (tertiary/aromatic N) is 3.